The third-order valence-corrected chi connectivity index (χ3v) is 3.51. The third-order valence-electron chi connectivity index (χ3n) is 3.51. The van der Waals surface area contributed by atoms with Crippen LogP contribution in [0.2, 0.25) is 0 Å². The Hall–Kier alpha value is -2.29. The number of carbonyl (C=O) groups is 1. The van der Waals surface area contributed by atoms with Crippen LogP contribution in [0.3, 0.4) is 0 Å². The number of hydrogen-bond acceptors (Lipinski definition) is 2. The number of hydrogen-bond donors (Lipinski definition) is 2. The number of anilines is 1. The van der Waals surface area contributed by atoms with E-state index in [-0.39, 0.29) is 18.5 Å². The molecule has 2 aromatic rings. The number of benzene rings is 2. The smallest absolute Gasteiger partial charge is 0.239 e. The first-order chi connectivity index (χ1) is 10.2. The highest BCUT2D eigenvalue weighted by Gasteiger charge is 2.09. The maximum Gasteiger partial charge on any atom is 0.239 e. The summed E-state index contributed by atoms with van der Waals surface area (Å²) in [5.41, 5.74) is 3.36. The zero-order chi connectivity index (χ0) is 15.1. The van der Waals surface area contributed by atoms with E-state index < -0.39 is 0 Å². The largest absolute Gasteiger partial charge is 0.376 e. The number of rotatable bonds is 6. The standard InChI is InChI=1S/C18H22N2O/c1-3-15-9-7-8-12-17(15)19-13-18(21)20-14(2)16-10-5-4-6-11-16/h4-12,14,19H,3,13H2,1-2H3,(H,20,21)/t14-/m0/s1. The van der Waals surface area contributed by atoms with E-state index in [0.717, 1.165) is 17.7 Å². The summed E-state index contributed by atoms with van der Waals surface area (Å²) >= 11 is 0. The van der Waals surface area contributed by atoms with Gasteiger partial charge in [0.2, 0.25) is 5.91 Å². The average Bonchev–Trinajstić information content (AvgIpc) is 2.54. The SMILES string of the molecule is CCc1ccccc1NCC(=O)N[C@@H](C)c1ccccc1. The highest BCUT2D eigenvalue weighted by atomic mass is 16.1. The molecule has 3 nitrogen and oxygen atoms in total. The molecule has 0 unspecified atom stereocenters. The maximum atomic E-state index is 12.0. The van der Waals surface area contributed by atoms with E-state index in [1.165, 1.54) is 5.56 Å². The number of amides is 1. The van der Waals surface area contributed by atoms with Gasteiger partial charge in [-0.3, -0.25) is 4.79 Å². The van der Waals surface area contributed by atoms with E-state index >= 15 is 0 Å². The van der Waals surface area contributed by atoms with Gasteiger partial charge >= 0.3 is 0 Å². The van der Waals surface area contributed by atoms with Crippen LogP contribution in [0.15, 0.2) is 54.6 Å². The van der Waals surface area contributed by atoms with Crippen LogP contribution in [0, 0.1) is 0 Å². The van der Waals surface area contributed by atoms with Gasteiger partial charge in [-0.25, -0.2) is 0 Å². The summed E-state index contributed by atoms with van der Waals surface area (Å²) in [4.78, 5) is 12.0. The molecule has 2 rings (SSSR count). The molecule has 0 radical (unpaired) electrons. The van der Waals surface area contributed by atoms with E-state index in [2.05, 4.69) is 23.6 Å². The number of carbonyl (C=O) groups excluding carboxylic acids is 1. The van der Waals surface area contributed by atoms with Crippen molar-refractivity contribution in [1.82, 2.24) is 5.32 Å². The van der Waals surface area contributed by atoms with Crippen LogP contribution in [-0.4, -0.2) is 12.5 Å². The highest BCUT2D eigenvalue weighted by molar-refractivity contribution is 5.81. The first-order valence-electron chi connectivity index (χ1n) is 7.36. The second kappa shape index (κ2) is 7.48. The van der Waals surface area contributed by atoms with Gasteiger partial charge in [0.05, 0.1) is 12.6 Å². The fourth-order valence-corrected chi connectivity index (χ4v) is 2.29. The van der Waals surface area contributed by atoms with E-state index in [4.69, 9.17) is 0 Å². The Bertz CT molecular complexity index is 581. The molecule has 0 heterocycles. The summed E-state index contributed by atoms with van der Waals surface area (Å²) < 4.78 is 0. The lowest BCUT2D eigenvalue weighted by Crippen LogP contribution is -2.32. The molecule has 0 aromatic heterocycles. The van der Waals surface area contributed by atoms with Gasteiger partial charge in [0.25, 0.3) is 0 Å². The van der Waals surface area contributed by atoms with Gasteiger partial charge in [0.15, 0.2) is 0 Å². The Labute approximate surface area is 126 Å². The van der Waals surface area contributed by atoms with Crippen LogP contribution in [0.25, 0.3) is 0 Å². The topological polar surface area (TPSA) is 41.1 Å². The quantitative estimate of drug-likeness (QED) is 0.851. The molecule has 3 heteroatoms. The minimum absolute atomic E-state index is 0.00254. The molecule has 0 saturated carbocycles. The molecule has 0 aliphatic carbocycles. The Morgan fingerprint density at radius 2 is 1.71 bits per heavy atom. The van der Waals surface area contributed by atoms with Crippen LogP contribution < -0.4 is 10.6 Å². The van der Waals surface area contributed by atoms with Crippen molar-refractivity contribution in [2.75, 3.05) is 11.9 Å². The number of nitrogens with one attached hydrogen (secondary N) is 2. The van der Waals surface area contributed by atoms with Crippen molar-refractivity contribution >= 4 is 11.6 Å². The molecule has 1 amide bonds. The molecule has 0 fully saturated rings. The van der Waals surface area contributed by atoms with E-state index in [9.17, 15) is 4.79 Å². The minimum atomic E-state index is -0.00254. The van der Waals surface area contributed by atoms with Crippen molar-refractivity contribution in [2.24, 2.45) is 0 Å². The monoisotopic (exact) mass is 282 g/mol. The van der Waals surface area contributed by atoms with Gasteiger partial charge in [-0.2, -0.15) is 0 Å². The lowest BCUT2D eigenvalue weighted by molar-refractivity contribution is -0.120. The van der Waals surface area contributed by atoms with Gasteiger partial charge in [-0.15, -0.1) is 0 Å². The number of para-hydroxylation sites is 1. The second-order valence-corrected chi connectivity index (χ2v) is 5.06. The van der Waals surface area contributed by atoms with E-state index in [1.54, 1.807) is 0 Å². The molecule has 0 saturated heterocycles. The van der Waals surface area contributed by atoms with Crippen molar-refractivity contribution in [2.45, 2.75) is 26.3 Å². The van der Waals surface area contributed by atoms with Crippen molar-refractivity contribution in [3.63, 3.8) is 0 Å². The summed E-state index contributed by atoms with van der Waals surface area (Å²) in [5.74, 6) is -0.00254. The fraction of sp³-hybridized carbons (Fsp3) is 0.278. The fourth-order valence-electron chi connectivity index (χ4n) is 2.29. The van der Waals surface area contributed by atoms with Gasteiger partial charge < -0.3 is 10.6 Å². The zero-order valence-corrected chi connectivity index (χ0v) is 12.6. The Morgan fingerprint density at radius 1 is 1.05 bits per heavy atom. The molecular weight excluding hydrogens is 260 g/mol. The lowest BCUT2D eigenvalue weighted by atomic mass is 10.1. The Morgan fingerprint density at radius 3 is 2.43 bits per heavy atom. The van der Waals surface area contributed by atoms with Gasteiger partial charge in [-0.1, -0.05) is 55.5 Å². The summed E-state index contributed by atoms with van der Waals surface area (Å²) in [6.07, 6.45) is 0.950. The van der Waals surface area contributed by atoms with Crippen LogP contribution in [-0.2, 0) is 11.2 Å². The molecule has 2 aromatic carbocycles. The summed E-state index contributed by atoms with van der Waals surface area (Å²) in [6.45, 7) is 4.39. The first-order valence-corrected chi connectivity index (χ1v) is 7.36. The predicted molar refractivity (Wildman–Crippen MR) is 87.3 cm³/mol. The molecule has 0 aliphatic rings. The molecular formula is C18H22N2O. The molecule has 0 spiro atoms. The maximum absolute atomic E-state index is 12.0. The van der Waals surface area contributed by atoms with Crippen molar-refractivity contribution in [3.05, 3.63) is 65.7 Å². The second-order valence-electron chi connectivity index (χ2n) is 5.06. The van der Waals surface area contributed by atoms with E-state index in [1.807, 2.05) is 55.5 Å². The minimum Gasteiger partial charge on any atom is -0.376 e. The lowest BCUT2D eigenvalue weighted by Gasteiger charge is -2.15. The third kappa shape index (κ3) is 4.35. The predicted octanol–water partition coefficient (Wildman–Crippen LogP) is 3.54. The van der Waals surface area contributed by atoms with Gasteiger partial charge in [0, 0.05) is 5.69 Å². The number of aryl methyl sites for hydroxylation is 1. The molecule has 21 heavy (non-hydrogen) atoms. The van der Waals surface area contributed by atoms with Crippen LogP contribution in [0.5, 0.6) is 0 Å². The van der Waals surface area contributed by atoms with Crippen LogP contribution >= 0.6 is 0 Å². The van der Waals surface area contributed by atoms with Crippen LogP contribution in [0.1, 0.15) is 31.0 Å². The molecule has 1 atom stereocenters. The Balaban J connectivity index is 1.88. The van der Waals surface area contributed by atoms with Gasteiger partial charge in [0.1, 0.15) is 0 Å². The molecule has 2 N–H and O–H groups in total. The van der Waals surface area contributed by atoms with Crippen molar-refractivity contribution < 1.29 is 4.79 Å². The summed E-state index contributed by atoms with van der Waals surface area (Å²) in [5, 5.41) is 6.21. The summed E-state index contributed by atoms with van der Waals surface area (Å²) in [6, 6.07) is 18.1. The normalized spacial score (nSPS) is 11.7. The van der Waals surface area contributed by atoms with E-state index in [0.29, 0.717) is 0 Å². The summed E-state index contributed by atoms with van der Waals surface area (Å²) in [7, 11) is 0. The van der Waals surface area contributed by atoms with Crippen LogP contribution in [0.4, 0.5) is 5.69 Å². The molecule has 0 aliphatic heterocycles. The van der Waals surface area contributed by atoms with Gasteiger partial charge in [-0.05, 0) is 30.5 Å². The van der Waals surface area contributed by atoms with Crippen molar-refractivity contribution in [3.8, 4) is 0 Å². The van der Waals surface area contributed by atoms with Crippen molar-refractivity contribution in [1.29, 1.82) is 0 Å². The highest BCUT2D eigenvalue weighted by Crippen LogP contribution is 2.15. The molecule has 0 bridgehead atoms. The molecule has 110 valence electrons. The average molecular weight is 282 g/mol. The Kier molecular flexibility index (Phi) is 5.38. The first kappa shape index (κ1) is 15.1. The zero-order valence-electron chi connectivity index (χ0n) is 12.6.